The van der Waals surface area contributed by atoms with Crippen LogP contribution in [0.2, 0.25) is 0 Å². The van der Waals surface area contributed by atoms with Crippen molar-refractivity contribution in [2.75, 3.05) is 0 Å². The second-order valence-corrected chi connectivity index (χ2v) is 6.30. The summed E-state index contributed by atoms with van der Waals surface area (Å²) in [6, 6.07) is 20.5. The fourth-order valence-corrected chi connectivity index (χ4v) is 3.37. The van der Waals surface area contributed by atoms with Gasteiger partial charge in [0.2, 0.25) is 5.71 Å². The van der Waals surface area contributed by atoms with Crippen molar-refractivity contribution in [1.82, 2.24) is 4.99 Å². The van der Waals surface area contributed by atoms with Crippen LogP contribution in [0.1, 0.15) is 43.7 Å². The first-order chi connectivity index (χ1) is 11.8. The molecule has 1 heterocycles. The topological polar surface area (TPSA) is 26.5 Å². The highest BCUT2D eigenvalue weighted by molar-refractivity contribution is 7.79. The Kier molecular flexibility index (Phi) is 5.31. The van der Waals surface area contributed by atoms with E-state index in [9.17, 15) is 0 Å². The van der Waals surface area contributed by atoms with Gasteiger partial charge in [0.15, 0.2) is 0 Å². The number of amidine groups is 1. The summed E-state index contributed by atoms with van der Waals surface area (Å²) in [5, 5.41) is 1.76. The second-order valence-electron chi connectivity index (χ2n) is 6.06. The molecular weight excluding hydrogens is 312 g/mol. The van der Waals surface area contributed by atoms with Crippen molar-refractivity contribution in [3.8, 4) is 0 Å². The molecule has 0 aromatic heterocycles. The normalized spacial score (nSPS) is 19.7. The van der Waals surface area contributed by atoms with E-state index in [1.165, 1.54) is 12.8 Å². The third-order valence-electron chi connectivity index (χ3n) is 4.34. The van der Waals surface area contributed by atoms with E-state index in [0.717, 1.165) is 35.5 Å². The maximum absolute atomic E-state index is 5.46. The van der Waals surface area contributed by atoms with Crippen LogP contribution >= 0.6 is 12.2 Å². The fraction of sp³-hybridized carbons (Fsp3) is 0.286. The minimum atomic E-state index is -0.653. The second kappa shape index (κ2) is 7.63. The maximum Gasteiger partial charge on any atom is 0.335 e. The molecule has 0 saturated carbocycles. The largest absolute Gasteiger partial charge is 0.335 e. The van der Waals surface area contributed by atoms with E-state index < -0.39 is 5.54 Å². The Balaban J connectivity index is 2.06. The Bertz CT molecular complexity index is 750. The molecule has 0 saturated heterocycles. The molecule has 1 radical (unpaired) electrons. The zero-order valence-corrected chi connectivity index (χ0v) is 14.8. The molecule has 3 rings (SSSR count). The van der Waals surface area contributed by atoms with Crippen LogP contribution in [0.4, 0.5) is 0 Å². The predicted octanol–water partition coefficient (Wildman–Crippen LogP) is 4.70. The van der Waals surface area contributed by atoms with Gasteiger partial charge in [0.05, 0.1) is 6.42 Å². The van der Waals surface area contributed by atoms with Gasteiger partial charge in [0.25, 0.3) is 5.54 Å². The molecule has 2 aromatic carbocycles. The van der Waals surface area contributed by atoms with Crippen LogP contribution in [0.3, 0.4) is 0 Å². The molecule has 0 N–H and O–H groups in total. The third kappa shape index (κ3) is 3.22. The summed E-state index contributed by atoms with van der Waals surface area (Å²) in [7, 11) is 0. The lowest BCUT2D eigenvalue weighted by Crippen LogP contribution is -2.39. The number of nitrogens with zero attached hydrogens (tertiary/aromatic N) is 2. The minimum Gasteiger partial charge on any atom is -0.0874 e. The first kappa shape index (κ1) is 16.7. The van der Waals surface area contributed by atoms with Crippen molar-refractivity contribution < 1.29 is 0 Å². The molecule has 24 heavy (non-hydrogen) atoms. The first-order valence-corrected chi connectivity index (χ1v) is 9.02. The van der Waals surface area contributed by atoms with Crippen molar-refractivity contribution in [3.05, 3.63) is 71.8 Å². The summed E-state index contributed by atoms with van der Waals surface area (Å²) in [6.07, 6.45) is 4.41. The number of thiocarbonyl (C=S) groups is 1. The standard InChI is InChI=1S/C21H22N2S/c1-2-3-6-15-19-22-20(17-11-7-4-8-12-17)21(16-24,23-19)18-13-9-5-10-14-18/h4-5,7-14,16H,2-3,6,15H2,1H3/q+1. The molecule has 1 aliphatic rings. The first-order valence-electron chi connectivity index (χ1n) is 8.55. The Morgan fingerprint density at radius 3 is 2.29 bits per heavy atom. The van der Waals surface area contributed by atoms with E-state index in [0.29, 0.717) is 0 Å². The fourth-order valence-electron chi connectivity index (χ4n) is 3.07. The van der Waals surface area contributed by atoms with Gasteiger partial charge in [0.1, 0.15) is 0 Å². The summed E-state index contributed by atoms with van der Waals surface area (Å²) in [6.45, 7) is 2.21. The molecular formula is C21H22N2S+. The van der Waals surface area contributed by atoms with Gasteiger partial charge in [-0.25, -0.2) is 0 Å². The zero-order chi connectivity index (χ0) is 16.8. The molecule has 3 heteroatoms. The van der Waals surface area contributed by atoms with Crippen molar-refractivity contribution in [2.24, 2.45) is 4.99 Å². The SMILES string of the molecule is CCCCCC1=[N+]C(C=S)(c2ccccc2)C(c2ccccc2)=N1. The smallest absolute Gasteiger partial charge is 0.0874 e. The van der Waals surface area contributed by atoms with E-state index in [1.807, 2.05) is 36.4 Å². The maximum atomic E-state index is 5.46. The summed E-state index contributed by atoms with van der Waals surface area (Å²) < 4.78 is 0. The van der Waals surface area contributed by atoms with Crippen LogP contribution in [0.5, 0.6) is 0 Å². The van der Waals surface area contributed by atoms with E-state index >= 15 is 0 Å². The van der Waals surface area contributed by atoms with E-state index in [-0.39, 0.29) is 0 Å². The van der Waals surface area contributed by atoms with Gasteiger partial charge in [-0.2, -0.15) is 0 Å². The molecule has 0 bridgehead atoms. The molecule has 121 valence electrons. The summed E-state index contributed by atoms with van der Waals surface area (Å²) in [5.41, 5.74) is 2.44. The van der Waals surface area contributed by atoms with Crippen molar-refractivity contribution in [3.63, 3.8) is 0 Å². The lowest BCUT2D eigenvalue weighted by Gasteiger charge is -2.16. The molecule has 2 nitrogen and oxygen atoms in total. The van der Waals surface area contributed by atoms with E-state index in [1.54, 1.807) is 5.37 Å². The number of hydrogen-bond acceptors (Lipinski definition) is 3. The summed E-state index contributed by atoms with van der Waals surface area (Å²) in [5.74, 6) is 0.909. The molecule has 0 spiro atoms. The van der Waals surface area contributed by atoms with Crippen molar-refractivity contribution in [2.45, 2.75) is 38.1 Å². The average molecular weight is 334 g/mol. The highest BCUT2D eigenvalue weighted by Gasteiger charge is 2.50. The lowest BCUT2D eigenvalue weighted by atomic mass is 9.84. The van der Waals surface area contributed by atoms with Gasteiger partial charge in [-0.05, 0) is 11.4 Å². The number of rotatable bonds is 7. The highest BCUT2D eigenvalue weighted by atomic mass is 32.1. The zero-order valence-electron chi connectivity index (χ0n) is 14.0. The average Bonchev–Trinajstić information content (AvgIpc) is 3.03. The van der Waals surface area contributed by atoms with Crippen LogP contribution in [0, 0.1) is 0 Å². The Hall–Kier alpha value is -2.13. The Labute approximate surface area is 149 Å². The monoisotopic (exact) mass is 334 g/mol. The van der Waals surface area contributed by atoms with Gasteiger partial charge in [0, 0.05) is 16.5 Å². The van der Waals surface area contributed by atoms with Gasteiger partial charge >= 0.3 is 5.84 Å². The van der Waals surface area contributed by atoms with Crippen molar-refractivity contribution in [1.29, 1.82) is 0 Å². The summed E-state index contributed by atoms with van der Waals surface area (Å²) >= 11 is 5.46. The highest BCUT2D eigenvalue weighted by Crippen LogP contribution is 2.29. The van der Waals surface area contributed by atoms with Crippen LogP contribution in [-0.2, 0) is 5.54 Å². The van der Waals surface area contributed by atoms with Crippen molar-refractivity contribution >= 4 is 29.1 Å². The van der Waals surface area contributed by atoms with Gasteiger partial charge < -0.3 is 0 Å². The van der Waals surface area contributed by atoms with Gasteiger partial charge in [-0.1, -0.05) is 97.6 Å². The number of hydrogen-bond donors (Lipinski definition) is 0. The van der Waals surface area contributed by atoms with Crippen LogP contribution in [0.25, 0.3) is 0 Å². The van der Waals surface area contributed by atoms with Gasteiger partial charge in [-0.15, -0.1) is 0 Å². The van der Waals surface area contributed by atoms with Crippen LogP contribution in [0.15, 0.2) is 65.7 Å². The molecule has 1 atom stereocenters. The molecule has 1 aliphatic heterocycles. The molecule has 0 aliphatic carbocycles. The quantitative estimate of drug-likeness (QED) is 0.532. The minimum absolute atomic E-state index is 0.653. The molecule has 0 fully saturated rings. The van der Waals surface area contributed by atoms with E-state index in [4.69, 9.17) is 22.2 Å². The molecule has 2 aromatic rings. The lowest BCUT2D eigenvalue weighted by molar-refractivity contribution is 0.725. The van der Waals surface area contributed by atoms with Crippen LogP contribution in [-0.4, -0.2) is 16.9 Å². The van der Waals surface area contributed by atoms with Gasteiger partial charge in [-0.3, -0.25) is 0 Å². The number of benzene rings is 2. The predicted molar refractivity (Wildman–Crippen MR) is 106 cm³/mol. The Morgan fingerprint density at radius 1 is 1.00 bits per heavy atom. The molecule has 1 unspecified atom stereocenters. The number of unbranched alkanes of at least 4 members (excludes halogenated alkanes) is 2. The van der Waals surface area contributed by atoms with E-state index in [2.05, 4.69) is 31.2 Å². The number of aliphatic imine (C=N–C) groups is 2. The van der Waals surface area contributed by atoms with Crippen LogP contribution < -0.4 is 4.99 Å². The Morgan fingerprint density at radius 2 is 1.67 bits per heavy atom. The summed E-state index contributed by atoms with van der Waals surface area (Å²) in [4.78, 5) is 9.89. The third-order valence-corrected chi connectivity index (χ3v) is 4.68. The molecule has 0 amide bonds.